The largest absolute Gasteiger partial charge is 0.388 e. The summed E-state index contributed by atoms with van der Waals surface area (Å²) in [7, 11) is 1.95. The number of thioether (sulfide) groups is 1. The molecule has 1 rings (SSSR count). The summed E-state index contributed by atoms with van der Waals surface area (Å²) in [6.45, 7) is 0.756. The number of benzene rings is 1. The minimum Gasteiger partial charge on any atom is -0.388 e. The lowest BCUT2D eigenvalue weighted by molar-refractivity contribution is 1.15. The molecule has 0 spiro atoms. The molecule has 0 bridgehead atoms. The summed E-state index contributed by atoms with van der Waals surface area (Å²) in [5, 5.41) is 3.18. The monoisotopic (exact) mass is 196 g/mol. The molecule has 0 saturated heterocycles. The summed E-state index contributed by atoms with van der Waals surface area (Å²) in [5.41, 5.74) is 7.99. The Morgan fingerprint density at radius 1 is 1.38 bits per heavy atom. The standard InChI is InChI=1S/C10H16N2S/c1-12-10-5-3-2-4-9(10)8-13-7-6-11/h2-5,12H,6-8,11H2,1H3. The third-order valence-corrected chi connectivity index (χ3v) is 2.85. The molecule has 13 heavy (non-hydrogen) atoms. The van der Waals surface area contributed by atoms with Crippen LogP contribution in [0.15, 0.2) is 24.3 Å². The molecular weight excluding hydrogens is 180 g/mol. The molecule has 0 unspecified atom stereocenters. The number of nitrogens with one attached hydrogen (secondary N) is 1. The minimum atomic E-state index is 0.756. The van der Waals surface area contributed by atoms with Gasteiger partial charge in [0.05, 0.1) is 0 Å². The van der Waals surface area contributed by atoms with E-state index in [2.05, 4.69) is 23.5 Å². The van der Waals surface area contributed by atoms with E-state index >= 15 is 0 Å². The summed E-state index contributed by atoms with van der Waals surface area (Å²) in [4.78, 5) is 0. The van der Waals surface area contributed by atoms with E-state index in [0.717, 1.165) is 18.1 Å². The van der Waals surface area contributed by atoms with Crippen molar-refractivity contribution in [1.82, 2.24) is 0 Å². The van der Waals surface area contributed by atoms with Crippen molar-refractivity contribution >= 4 is 17.4 Å². The third kappa shape index (κ3) is 3.28. The van der Waals surface area contributed by atoms with Gasteiger partial charge in [0.1, 0.15) is 0 Å². The normalized spacial score (nSPS) is 10.0. The van der Waals surface area contributed by atoms with Gasteiger partial charge >= 0.3 is 0 Å². The minimum absolute atomic E-state index is 0.756. The first-order valence-electron chi connectivity index (χ1n) is 4.42. The smallest absolute Gasteiger partial charge is 0.0378 e. The molecule has 0 aliphatic heterocycles. The lowest BCUT2D eigenvalue weighted by Gasteiger charge is -2.07. The van der Waals surface area contributed by atoms with E-state index in [4.69, 9.17) is 5.73 Å². The average Bonchev–Trinajstić information content (AvgIpc) is 2.19. The predicted octanol–water partition coefficient (Wildman–Crippen LogP) is 1.92. The second-order valence-electron chi connectivity index (χ2n) is 2.75. The third-order valence-electron chi connectivity index (χ3n) is 1.81. The summed E-state index contributed by atoms with van der Waals surface area (Å²) in [6.07, 6.45) is 0. The molecule has 0 aromatic heterocycles. The Kier molecular flexibility index (Phi) is 4.72. The maximum absolute atomic E-state index is 5.43. The van der Waals surface area contributed by atoms with Crippen molar-refractivity contribution < 1.29 is 0 Å². The van der Waals surface area contributed by atoms with E-state index in [9.17, 15) is 0 Å². The molecule has 1 aromatic rings. The first kappa shape index (κ1) is 10.4. The fourth-order valence-corrected chi connectivity index (χ4v) is 1.94. The quantitative estimate of drug-likeness (QED) is 0.707. The summed E-state index contributed by atoms with van der Waals surface area (Å²) in [5.74, 6) is 2.06. The van der Waals surface area contributed by atoms with Gasteiger partial charge in [0.2, 0.25) is 0 Å². The van der Waals surface area contributed by atoms with Crippen LogP contribution in [0.1, 0.15) is 5.56 Å². The molecule has 0 amide bonds. The van der Waals surface area contributed by atoms with Crippen LogP contribution in [-0.4, -0.2) is 19.3 Å². The van der Waals surface area contributed by atoms with Gasteiger partial charge in [-0.2, -0.15) is 11.8 Å². The summed E-state index contributed by atoms with van der Waals surface area (Å²) >= 11 is 1.87. The Bertz CT molecular complexity index is 250. The SMILES string of the molecule is CNc1ccccc1CSCCN. The van der Waals surface area contributed by atoms with Crippen molar-refractivity contribution in [3.63, 3.8) is 0 Å². The van der Waals surface area contributed by atoms with Crippen LogP contribution in [-0.2, 0) is 5.75 Å². The number of hydrogen-bond acceptors (Lipinski definition) is 3. The predicted molar refractivity (Wildman–Crippen MR) is 61.2 cm³/mol. The second kappa shape index (κ2) is 5.89. The number of rotatable bonds is 5. The second-order valence-corrected chi connectivity index (χ2v) is 3.85. The van der Waals surface area contributed by atoms with Crippen molar-refractivity contribution in [1.29, 1.82) is 0 Å². The molecule has 0 aliphatic carbocycles. The van der Waals surface area contributed by atoms with Crippen molar-refractivity contribution in [2.45, 2.75) is 5.75 Å². The highest BCUT2D eigenvalue weighted by Gasteiger charge is 1.98. The molecule has 0 heterocycles. The number of nitrogens with two attached hydrogens (primary N) is 1. The van der Waals surface area contributed by atoms with Crippen LogP contribution in [0.4, 0.5) is 5.69 Å². The first-order valence-corrected chi connectivity index (χ1v) is 5.57. The van der Waals surface area contributed by atoms with Gasteiger partial charge in [-0.05, 0) is 11.6 Å². The molecule has 0 atom stereocenters. The van der Waals surface area contributed by atoms with E-state index in [1.165, 1.54) is 11.3 Å². The van der Waals surface area contributed by atoms with Gasteiger partial charge in [0, 0.05) is 30.8 Å². The van der Waals surface area contributed by atoms with Crippen molar-refractivity contribution in [3.8, 4) is 0 Å². The van der Waals surface area contributed by atoms with Gasteiger partial charge in [0.15, 0.2) is 0 Å². The highest BCUT2D eigenvalue weighted by atomic mass is 32.2. The van der Waals surface area contributed by atoms with E-state index < -0.39 is 0 Å². The molecule has 1 aromatic carbocycles. The number of para-hydroxylation sites is 1. The molecule has 0 radical (unpaired) electrons. The molecular formula is C10H16N2S. The highest BCUT2D eigenvalue weighted by Crippen LogP contribution is 2.19. The van der Waals surface area contributed by atoms with Gasteiger partial charge < -0.3 is 11.1 Å². The van der Waals surface area contributed by atoms with Gasteiger partial charge in [-0.3, -0.25) is 0 Å². The summed E-state index contributed by atoms with van der Waals surface area (Å²) in [6, 6.07) is 8.36. The molecule has 3 N–H and O–H groups in total. The van der Waals surface area contributed by atoms with Crippen LogP contribution in [0.5, 0.6) is 0 Å². The highest BCUT2D eigenvalue weighted by molar-refractivity contribution is 7.98. The Morgan fingerprint density at radius 3 is 2.85 bits per heavy atom. The molecule has 72 valence electrons. The van der Waals surface area contributed by atoms with E-state index in [-0.39, 0.29) is 0 Å². The van der Waals surface area contributed by atoms with Crippen LogP contribution in [0, 0.1) is 0 Å². The zero-order valence-electron chi connectivity index (χ0n) is 7.92. The van der Waals surface area contributed by atoms with Crippen LogP contribution < -0.4 is 11.1 Å². The lowest BCUT2D eigenvalue weighted by Crippen LogP contribution is -2.02. The van der Waals surface area contributed by atoms with Gasteiger partial charge in [-0.25, -0.2) is 0 Å². The van der Waals surface area contributed by atoms with Gasteiger partial charge in [0.25, 0.3) is 0 Å². The van der Waals surface area contributed by atoms with Crippen molar-refractivity contribution in [2.75, 3.05) is 24.7 Å². The van der Waals surface area contributed by atoms with E-state index in [1.54, 1.807) is 0 Å². The first-order chi connectivity index (χ1) is 6.38. The van der Waals surface area contributed by atoms with E-state index in [1.807, 2.05) is 24.9 Å². The van der Waals surface area contributed by atoms with Crippen LogP contribution in [0.25, 0.3) is 0 Å². The average molecular weight is 196 g/mol. The zero-order valence-corrected chi connectivity index (χ0v) is 8.73. The van der Waals surface area contributed by atoms with Crippen molar-refractivity contribution in [2.24, 2.45) is 5.73 Å². The summed E-state index contributed by atoms with van der Waals surface area (Å²) < 4.78 is 0. The zero-order chi connectivity index (χ0) is 9.52. The number of hydrogen-bond donors (Lipinski definition) is 2. The Balaban J connectivity index is 2.54. The molecule has 0 aliphatic rings. The Labute approximate surface area is 83.9 Å². The number of anilines is 1. The molecule has 2 nitrogen and oxygen atoms in total. The van der Waals surface area contributed by atoms with E-state index in [0.29, 0.717) is 0 Å². The van der Waals surface area contributed by atoms with Gasteiger partial charge in [-0.15, -0.1) is 0 Å². The molecule has 0 saturated carbocycles. The van der Waals surface area contributed by atoms with Crippen molar-refractivity contribution in [3.05, 3.63) is 29.8 Å². The maximum Gasteiger partial charge on any atom is 0.0378 e. The Hall–Kier alpha value is -0.670. The molecule has 3 heteroatoms. The fourth-order valence-electron chi connectivity index (χ4n) is 1.16. The van der Waals surface area contributed by atoms with Gasteiger partial charge in [-0.1, -0.05) is 18.2 Å². The van der Waals surface area contributed by atoms with Crippen LogP contribution in [0.2, 0.25) is 0 Å². The van der Waals surface area contributed by atoms with Crippen LogP contribution in [0.3, 0.4) is 0 Å². The fraction of sp³-hybridized carbons (Fsp3) is 0.400. The maximum atomic E-state index is 5.43. The Morgan fingerprint density at radius 2 is 2.15 bits per heavy atom. The topological polar surface area (TPSA) is 38.0 Å². The van der Waals surface area contributed by atoms with Crippen LogP contribution >= 0.6 is 11.8 Å². The molecule has 0 fully saturated rings. The lowest BCUT2D eigenvalue weighted by atomic mass is 10.2.